The van der Waals surface area contributed by atoms with Crippen molar-refractivity contribution in [1.29, 1.82) is 0 Å². The molecule has 0 spiro atoms. The van der Waals surface area contributed by atoms with Gasteiger partial charge in [0.05, 0.1) is 12.2 Å². The number of aliphatic hydroxyl groups excluding tert-OH is 2. The van der Waals surface area contributed by atoms with Gasteiger partial charge in [0.15, 0.2) is 0 Å². The van der Waals surface area contributed by atoms with Gasteiger partial charge in [0.2, 0.25) is 6.43 Å². The predicted molar refractivity (Wildman–Crippen MR) is 129 cm³/mol. The Morgan fingerprint density at radius 1 is 1.21 bits per heavy atom. The van der Waals surface area contributed by atoms with Crippen LogP contribution in [0.5, 0.6) is 0 Å². The fourth-order valence-electron chi connectivity index (χ4n) is 7.63. The Labute approximate surface area is 198 Å². The van der Waals surface area contributed by atoms with Crippen LogP contribution in [0.4, 0.5) is 8.78 Å². The van der Waals surface area contributed by atoms with E-state index in [0.29, 0.717) is 37.1 Å². The summed E-state index contributed by atoms with van der Waals surface area (Å²) in [5, 5.41) is 20.7. The number of nitrogens with zero attached hydrogens (tertiary/aromatic N) is 1. The monoisotopic (exact) mass is 463 g/mol. The van der Waals surface area contributed by atoms with Gasteiger partial charge in [0, 0.05) is 24.9 Å². The lowest BCUT2D eigenvalue weighted by Gasteiger charge is -2.45. The van der Waals surface area contributed by atoms with Crippen molar-refractivity contribution in [2.75, 3.05) is 19.6 Å². The first-order valence-electron chi connectivity index (χ1n) is 13.1. The molecule has 3 aliphatic carbocycles. The third kappa shape index (κ3) is 4.88. The fourth-order valence-corrected chi connectivity index (χ4v) is 7.63. The summed E-state index contributed by atoms with van der Waals surface area (Å²) >= 11 is 0. The van der Waals surface area contributed by atoms with Crippen LogP contribution in [-0.2, 0) is 0 Å². The smallest absolute Gasteiger partial charge is 0.242 e. The summed E-state index contributed by atoms with van der Waals surface area (Å²) in [5.41, 5.74) is 3.48. The van der Waals surface area contributed by atoms with Crippen LogP contribution in [0.2, 0.25) is 0 Å². The molecule has 1 heterocycles. The largest absolute Gasteiger partial charge is 0.392 e. The molecule has 8 atom stereocenters. The number of allylic oxidation sites excluding steroid dienone is 3. The molecule has 0 aromatic heterocycles. The molecule has 0 aromatic rings. The van der Waals surface area contributed by atoms with Gasteiger partial charge in [0.1, 0.15) is 0 Å². The van der Waals surface area contributed by atoms with E-state index in [1.54, 1.807) is 0 Å². The number of likely N-dealkylation sites (tertiary alicyclic amines) is 1. The van der Waals surface area contributed by atoms with Gasteiger partial charge in [-0.2, -0.15) is 0 Å². The molecule has 1 saturated heterocycles. The van der Waals surface area contributed by atoms with Gasteiger partial charge in [-0.1, -0.05) is 45.1 Å². The molecule has 33 heavy (non-hydrogen) atoms. The summed E-state index contributed by atoms with van der Waals surface area (Å²) in [6.45, 7) is 13.1. The molecule has 2 N–H and O–H groups in total. The van der Waals surface area contributed by atoms with Crippen LogP contribution in [0.25, 0.3) is 0 Å². The third-order valence-electron chi connectivity index (χ3n) is 9.74. The Morgan fingerprint density at radius 3 is 2.67 bits per heavy atom. The Morgan fingerprint density at radius 2 is 1.97 bits per heavy atom. The topological polar surface area (TPSA) is 43.7 Å². The minimum atomic E-state index is -2.19. The molecule has 1 aliphatic heterocycles. The minimum Gasteiger partial charge on any atom is -0.392 e. The van der Waals surface area contributed by atoms with Crippen molar-refractivity contribution in [3.05, 3.63) is 35.5 Å². The SMILES string of the molecule is C=C1/C(=C\C=C2/CCC[C@]3(C)[C@@H](C(C)CN4CC[C@@H](C(F)F)C4)CC[C@@H]23)C[C@@H](O)[C@H](C)[C@@H]1O. The highest BCUT2D eigenvalue weighted by Gasteiger charge is 2.51. The lowest BCUT2D eigenvalue weighted by atomic mass is 9.61. The van der Waals surface area contributed by atoms with Crippen LogP contribution in [0.15, 0.2) is 35.5 Å². The normalized spacial score (nSPS) is 43.6. The number of halogens is 2. The zero-order chi connectivity index (χ0) is 23.9. The van der Waals surface area contributed by atoms with Crippen molar-refractivity contribution in [2.45, 2.75) is 84.4 Å². The van der Waals surface area contributed by atoms with Gasteiger partial charge < -0.3 is 15.1 Å². The standard InChI is InChI=1S/C28H43F2NO2/c1-17(15-31-13-11-22(16-31)27(29)30)23-9-10-24-20(6-5-12-28(23,24)4)7-8-21-14-25(32)19(3)26(33)18(21)2/h7-8,17,19,22-27,32-33H,2,5-6,9-16H2,1,3-4H3/b20-7+,21-8-/t17?,19-,22+,23+,24-,25+,26+,28+/m0/s1. The molecule has 0 amide bonds. The zero-order valence-corrected chi connectivity index (χ0v) is 20.6. The second-order valence-electron chi connectivity index (χ2n) is 11.8. The molecular formula is C28H43F2NO2. The number of hydrogen-bond acceptors (Lipinski definition) is 3. The Hall–Kier alpha value is -1.04. The number of aliphatic hydroxyl groups is 2. The Balaban J connectivity index is 1.45. The van der Waals surface area contributed by atoms with E-state index in [-0.39, 0.29) is 11.3 Å². The van der Waals surface area contributed by atoms with Gasteiger partial charge in [-0.05, 0) is 85.8 Å². The maximum absolute atomic E-state index is 13.1. The molecule has 4 fully saturated rings. The van der Waals surface area contributed by atoms with E-state index in [9.17, 15) is 19.0 Å². The van der Waals surface area contributed by atoms with Crippen molar-refractivity contribution in [2.24, 2.45) is 35.0 Å². The Kier molecular flexibility index (Phi) is 7.53. The van der Waals surface area contributed by atoms with Crippen molar-refractivity contribution < 1.29 is 19.0 Å². The van der Waals surface area contributed by atoms with Gasteiger partial charge in [-0.3, -0.25) is 0 Å². The quantitative estimate of drug-likeness (QED) is 0.558. The summed E-state index contributed by atoms with van der Waals surface area (Å²) in [4.78, 5) is 2.27. The van der Waals surface area contributed by atoms with Crippen molar-refractivity contribution in [1.82, 2.24) is 4.90 Å². The van der Waals surface area contributed by atoms with Crippen molar-refractivity contribution in [3.63, 3.8) is 0 Å². The van der Waals surface area contributed by atoms with Gasteiger partial charge in [-0.15, -0.1) is 0 Å². The lowest BCUT2D eigenvalue weighted by molar-refractivity contribution is 0.0283. The van der Waals surface area contributed by atoms with Gasteiger partial charge >= 0.3 is 0 Å². The lowest BCUT2D eigenvalue weighted by Crippen LogP contribution is -2.39. The van der Waals surface area contributed by atoms with Crippen molar-refractivity contribution >= 4 is 0 Å². The van der Waals surface area contributed by atoms with Crippen LogP contribution < -0.4 is 0 Å². The molecular weight excluding hydrogens is 420 g/mol. The van der Waals surface area contributed by atoms with E-state index in [4.69, 9.17) is 0 Å². The summed E-state index contributed by atoms with van der Waals surface area (Å²) in [5.74, 6) is 1.08. The van der Waals surface area contributed by atoms with Crippen LogP contribution in [0.3, 0.4) is 0 Å². The van der Waals surface area contributed by atoms with E-state index in [2.05, 4.69) is 37.5 Å². The maximum atomic E-state index is 13.1. The third-order valence-corrected chi connectivity index (χ3v) is 9.74. The summed E-state index contributed by atoms with van der Waals surface area (Å²) in [6.07, 6.45) is 8.10. The van der Waals surface area contributed by atoms with Crippen molar-refractivity contribution in [3.8, 4) is 0 Å². The van der Waals surface area contributed by atoms with Crippen LogP contribution in [-0.4, -0.2) is 53.4 Å². The average Bonchev–Trinajstić information content (AvgIpc) is 3.38. The van der Waals surface area contributed by atoms with E-state index in [1.807, 2.05) is 6.92 Å². The summed E-state index contributed by atoms with van der Waals surface area (Å²) in [6, 6.07) is 0. The first kappa shape index (κ1) is 25.1. The minimum absolute atomic E-state index is 0.177. The molecule has 4 aliphatic rings. The molecule has 186 valence electrons. The first-order valence-corrected chi connectivity index (χ1v) is 13.1. The highest BCUT2D eigenvalue weighted by Crippen LogP contribution is 2.59. The van der Waals surface area contributed by atoms with Gasteiger partial charge in [-0.25, -0.2) is 8.78 Å². The maximum Gasteiger partial charge on any atom is 0.242 e. The highest BCUT2D eigenvalue weighted by atomic mass is 19.3. The number of hydrogen-bond donors (Lipinski definition) is 2. The van der Waals surface area contributed by atoms with Gasteiger partial charge in [0.25, 0.3) is 0 Å². The van der Waals surface area contributed by atoms with E-state index < -0.39 is 24.6 Å². The molecule has 0 bridgehead atoms. The number of alkyl halides is 2. The molecule has 0 aromatic carbocycles. The number of fused-ring (bicyclic) bond motifs is 1. The number of rotatable bonds is 5. The summed E-state index contributed by atoms with van der Waals surface area (Å²) < 4.78 is 26.2. The second-order valence-corrected chi connectivity index (χ2v) is 11.8. The Bertz CT molecular complexity index is 793. The molecule has 1 unspecified atom stereocenters. The molecule has 3 nitrogen and oxygen atoms in total. The van der Waals surface area contributed by atoms with Crippen LogP contribution >= 0.6 is 0 Å². The van der Waals surface area contributed by atoms with E-state index in [1.165, 1.54) is 31.3 Å². The fraction of sp³-hybridized carbons (Fsp3) is 0.786. The predicted octanol–water partition coefficient (Wildman–Crippen LogP) is 5.60. The van der Waals surface area contributed by atoms with Crippen LogP contribution in [0, 0.1) is 35.0 Å². The van der Waals surface area contributed by atoms with Crippen LogP contribution in [0.1, 0.15) is 65.7 Å². The van der Waals surface area contributed by atoms with E-state index in [0.717, 1.165) is 30.7 Å². The molecule has 4 rings (SSSR count). The van der Waals surface area contributed by atoms with E-state index >= 15 is 0 Å². The highest BCUT2D eigenvalue weighted by molar-refractivity contribution is 5.39. The average molecular weight is 464 g/mol. The molecule has 0 radical (unpaired) electrons. The zero-order valence-electron chi connectivity index (χ0n) is 20.6. The first-order chi connectivity index (χ1) is 15.6. The molecule has 5 heteroatoms. The second kappa shape index (κ2) is 9.91. The molecule has 3 saturated carbocycles. The summed E-state index contributed by atoms with van der Waals surface area (Å²) in [7, 11) is 0.